The molecule has 3 heterocycles. The molecular formula is C30H17N5O6S2. The normalized spacial score (nSPS) is 11.4. The smallest absolute Gasteiger partial charge is 0.345 e. The molecule has 6 aromatic rings. The van der Waals surface area contributed by atoms with Crippen LogP contribution in [0.5, 0.6) is 5.75 Å². The molecule has 0 spiro atoms. The van der Waals surface area contributed by atoms with Gasteiger partial charge in [-0.25, -0.2) is 14.8 Å². The second-order valence-corrected chi connectivity index (χ2v) is 10.8. The predicted octanol–water partition coefficient (Wildman–Crippen LogP) is 6.52. The highest BCUT2D eigenvalue weighted by Gasteiger charge is 2.17. The summed E-state index contributed by atoms with van der Waals surface area (Å²) in [5, 5.41) is 30.7. The standard InChI is InChI=1S/C30H17N5O6S2/c31-14-19(11-18-12-20(35(38)39)6-8-25(18)40-15-27(36)34-30-32-9-10-42-30)28-33-24(16-43-28)23-13-22-21-4-2-1-3-17(21)5-7-26(22)41-29(23)37/h1-13,16H,15H2,(H,32,34,36). The first-order valence-corrected chi connectivity index (χ1v) is 14.3. The average Bonchev–Trinajstić information content (AvgIpc) is 3.71. The summed E-state index contributed by atoms with van der Waals surface area (Å²) in [5.41, 5.74) is 0.453. The Hall–Kier alpha value is -5.71. The summed E-state index contributed by atoms with van der Waals surface area (Å²) in [4.78, 5) is 44.6. The molecule has 0 fully saturated rings. The summed E-state index contributed by atoms with van der Waals surface area (Å²) >= 11 is 2.37. The van der Waals surface area contributed by atoms with Crippen LogP contribution < -0.4 is 15.7 Å². The number of ether oxygens (including phenoxy) is 1. The highest BCUT2D eigenvalue weighted by molar-refractivity contribution is 7.13. The van der Waals surface area contributed by atoms with E-state index < -0.39 is 23.1 Å². The van der Waals surface area contributed by atoms with Gasteiger partial charge in [0.1, 0.15) is 22.4 Å². The third-order valence-corrected chi connectivity index (χ3v) is 7.88. The van der Waals surface area contributed by atoms with Crippen molar-refractivity contribution in [3.05, 3.63) is 109 Å². The van der Waals surface area contributed by atoms with Crippen molar-refractivity contribution in [2.75, 3.05) is 11.9 Å². The highest BCUT2D eigenvalue weighted by atomic mass is 32.1. The minimum absolute atomic E-state index is 0.0736. The molecule has 0 unspecified atom stereocenters. The van der Waals surface area contributed by atoms with Gasteiger partial charge in [-0.05, 0) is 35.0 Å². The van der Waals surface area contributed by atoms with Gasteiger partial charge in [0.2, 0.25) is 0 Å². The zero-order chi connectivity index (χ0) is 29.9. The van der Waals surface area contributed by atoms with Crippen LogP contribution in [0.3, 0.4) is 0 Å². The molecule has 0 saturated carbocycles. The number of anilines is 1. The van der Waals surface area contributed by atoms with Gasteiger partial charge < -0.3 is 9.15 Å². The van der Waals surface area contributed by atoms with Crippen molar-refractivity contribution < 1.29 is 18.9 Å². The molecule has 3 aromatic heterocycles. The maximum absolute atomic E-state index is 12.9. The Labute approximate surface area is 250 Å². The summed E-state index contributed by atoms with van der Waals surface area (Å²) in [5.74, 6) is -0.332. The van der Waals surface area contributed by atoms with Crippen molar-refractivity contribution >= 4 is 72.8 Å². The highest BCUT2D eigenvalue weighted by Crippen LogP contribution is 2.32. The van der Waals surface area contributed by atoms with Crippen molar-refractivity contribution in [1.29, 1.82) is 5.26 Å². The summed E-state index contributed by atoms with van der Waals surface area (Å²) in [6.07, 6.45) is 2.93. The van der Waals surface area contributed by atoms with E-state index in [1.54, 1.807) is 29.1 Å². The predicted molar refractivity (Wildman–Crippen MR) is 164 cm³/mol. The molecule has 1 amide bonds. The van der Waals surface area contributed by atoms with E-state index in [0.29, 0.717) is 16.4 Å². The number of nitrogens with zero attached hydrogens (tertiary/aromatic N) is 4. The second-order valence-electron chi connectivity index (χ2n) is 9.01. The van der Waals surface area contributed by atoms with Gasteiger partial charge in [-0.15, -0.1) is 22.7 Å². The van der Waals surface area contributed by atoms with E-state index in [-0.39, 0.29) is 33.1 Å². The molecule has 11 nitrogen and oxygen atoms in total. The third kappa shape index (κ3) is 5.73. The SMILES string of the molecule is N#CC(=Cc1cc([N+](=O)[O-])ccc1OCC(=O)Nc1nccs1)c1nc(-c2cc3c(ccc4ccccc43)oc2=O)cs1. The first-order valence-electron chi connectivity index (χ1n) is 12.5. The Morgan fingerprint density at radius 3 is 2.79 bits per heavy atom. The maximum atomic E-state index is 12.9. The van der Waals surface area contributed by atoms with Gasteiger partial charge in [0.15, 0.2) is 11.7 Å². The van der Waals surface area contributed by atoms with Crippen LogP contribution >= 0.6 is 22.7 Å². The summed E-state index contributed by atoms with van der Waals surface area (Å²) < 4.78 is 11.2. The minimum atomic E-state index is -0.577. The molecule has 0 aliphatic rings. The van der Waals surface area contributed by atoms with Gasteiger partial charge in [0, 0.05) is 40.0 Å². The number of nitrogens with one attached hydrogen (secondary N) is 1. The van der Waals surface area contributed by atoms with Crippen molar-refractivity contribution in [2.24, 2.45) is 0 Å². The van der Waals surface area contributed by atoms with Gasteiger partial charge >= 0.3 is 5.63 Å². The molecule has 0 aliphatic heterocycles. The van der Waals surface area contributed by atoms with Crippen LogP contribution in [0.2, 0.25) is 0 Å². The largest absolute Gasteiger partial charge is 0.483 e. The minimum Gasteiger partial charge on any atom is -0.483 e. The van der Waals surface area contributed by atoms with E-state index in [2.05, 4.69) is 21.4 Å². The van der Waals surface area contributed by atoms with Gasteiger partial charge in [0.05, 0.1) is 21.8 Å². The van der Waals surface area contributed by atoms with Crippen LogP contribution in [0.1, 0.15) is 10.6 Å². The van der Waals surface area contributed by atoms with Gasteiger partial charge in [-0.1, -0.05) is 30.3 Å². The summed E-state index contributed by atoms with van der Waals surface area (Å²) in [7, 11) is 0. The number of fused-ring (bicyclic) bond motifs is 3. The number of carbonyl (C=O) groups is 1. The monoisotopic (exact) mass is 607 g/mol. The fourth-order valence-corrected chi connectivity index (χ4v) is 5.68. The van der Waals surface area contributed by atoms with Crippen molar-refractivity contribution in [3.63, 3.8) is 0 Å². The maximum Gasteiger partial charge on any atom is 0.345 e. The number of amides is 1. The molecule has 0 aliphatic carbocycles. The van der Waals surface area contributed by atoms with Crippen LogP contribution in [0, 0.1) is 21.4 Å². The molecule has 0 radical (unpaired) electrons. The molecule has 3 aromatic carbocycles. The Balaban J connectivity index is 1.34. The topological polar surface area (TPSA) is 161 Å². The van der Waals surface area contributed by atoms with E-state index in [9.17, 15) is 25.0 Å². The van der Waals surface area contributed by atoms with E-state index in [1.807, 2.05) is 30.3 Å². The van der Waals surface area contributed by atoms with Crippen molar-refractivity contribution in [1.82, 2.24) is 9.97 Å². The first-order chi connectivity index (χ1) is 20.9. The molecule has 0 saturated heterocycles. The van der Waals surface area contributed by atoms with Crippen LogP contribution in [0.25, 0.3) is 44.6 Å². The summed E-state index contributed by atoms with van der Waals surface area (Å²) in [6.45, 7) is -0.395. The van der Waals surface area contributed by atoms with Crippen molar-refractivity contribution in [2.45, 2.75) is 0 Å². The summed E-state index contributed by atoms with van der Waals surface area (Å²) in [6, 6.07) is 19.0. The van der Waals surface area contributed by atoms with E-state index in [4.69, 9.17) is 9.15 Å². The number of rotatable bonds is 8. The molecule has 0 atom stereocenters. The fraction of sp³-hybridized carbons (Fsp3) is 0.0333. The first kappa shape index (κ1) is 27.5. The molecular weight excluding hydrogens is 590 g/mol. The number of hydrogen-bond donors (Lipinski definition) is 1. The molecule has 13 heteroatoms. The number of carbonyl (C=O) groups excluding carboxylic acids is 1. The lowest BCUT2D eigenvalue weighted by atomic mass is 10.0. The number of nitriles is 1. The number of allylic oxidation sites excluding steroid dienone is 1. The Morgan fingerprint density at radius 2 is 2.00 bits per heavy atom. The molecule has 0 bridgehead atoms. The van der Waals surface area contributed by atoms with E-state index in [1.165, 1.54) is 35.6 Å². The number of non-ortho nitro benzene ring substituents is 1. The number of benzene rings is 3. The lowest BCUT2D eigenvalue weighted by molar-refractivity contribution is -0.384. The number of nitro benzene ring substituents is 1. The van der Waals surface area contributed by atoms with Crippen LogP contribution in [-0.4, -0.2) is 27.4 Å². The average molecular weight is 608 g/mol. The number of thiazole rings is 2. The third-order valence-electron chi connectivity index (χ3n) is 6.31. The lowest BCUT2D eigenvalue weighted by Crippen LogP contribution is -2.20. The van der Waals surface area contributed by atoms with Crippen molar-refractivity contribution in [3.8, 4) is 23.1 Å². The zero-order valence-electron chi connectivity index (χ0n) is 21.8. The quantitative estimate of drug-likeness (QED) is 0.0668. The number of hydrogen-bond acceptors (Lipinski definition) is 11. The van der Waals surface area contributed by atoms with Gasteiger partial charge in [-0.2, -0.15) is 5.26 Å². The number of aromatic nitrogens is 2. The Bertz CT molecular complexity index is 2160. The second kappa shape index (κ2) is 11.6. The zero-order valence-corrected chi connectivity index (χ0v) is 23.5. The molecule has 210 valence electrons. The Kier molecular flexibility index (Phi) is 7.44. The van der Waals surface area contributed by atoms with E-state index >= 15 is 0 Å². The number of nitro groups is 1. The lowest BCUT2D eigenvalue weighted by Gasteiger charge is -2.09. The van der Waals surface area contributed by atoms with Crippen LogP contribution in [-0.2, 0) is 4.79 Å². The van der Waals surface area contributed by atoms with Gasteiger partial charge in [0.25, 0.3) is 11.6 Å². The Morgan fingerprint density at radius 1 is 1.14 bits per heavy atom. The van der Waals surface area contributed by atoms with E-state index in [0.717, 1.165) is 27.5 Å². The fourth-order valence-electron chi connectivity index (χ4n) is 4.35. The molecule has 43 heavy (non-hydrogen) atoms. The van der Waals surface area contributed by atoms with Gasteiger partial charge in [-0.3, -0.25) is 20.2 Å². The molecule has 6 rings (SSSR count). The van der Waals surface area contributed by atoms with Crippen LogP contribution in [0.15, 0.2) is 86.8 Å². The molecule has 1 N–H and O–H groups in total. The van der Waals surface area contributed by atoms with Crippen LogP contribution in [0.4, 0.5) is 10.8 Å².